The van der Waals surface area contributed by atoms with Gasteiger partial charge in [0.2, 0.25) is 5.91 Å². The number of halogens is 1. The molecule has 0 radical (unpaired) electrons. The molecule has 0 unspecified atom stereocenters. The molecular weight excluding hydrogens is 490 g/mol. The molecule has 188 valence electrons. The average Bonchev–Trinajstić information content (AvgIpc) is 3.35. The van der Waals surface area contributed by atoms with Crippen LogP contribution in [0.25, 0.3) is 28.2 Å². The number of nitrogens with zero attached hydrogens (tertiary/aromatic N) is 2. The van der Waals surface area contributed by atoms with E-state index in [2.05, 4.69) is 10.3 Å². The Morgan fingerprint density at radius 3 is 2.57 bits per heavy atom. The summed E-state index contributed by atoms with van der Waals surface area (Å²) < 4.78 is 11.2. The molecule has 0 bridgehead atoms. The lowest BCUT2D eigenvalue weighted by Crippen LogP contribution is -2.40. The Labute approximate surface area is 219 Å². The number of hydrogen-bond acceptors (Lipinski definition) is 5. The average molecular weight is 516 g/mol. The number of carbonyl (C=O) groups excluding carboxylic acids is 2. The SMILES string of the molecule is Cc1ccc(/C=C/C(=O)NCc2cc3cc(-c4ccc(C(=O)N5CCOCC5)cc4)cc(Cl)c3o2)cn1. The maximum atomic E-state index is 12.7. The molecule has 1 aliphatic rings. The second-order valence-corrected chi connectivity index (χ2v) is 9.26. The second kappa shape index (κ2) is 11.0. The molecule has 3 heterocycles. The summed E-state index contributed by atoms with van der Waals surface area (Å²) in [5.74, 6) is 0.369. The molecule has 1 aliphatic heterocycles. The van der Waals surface area contributed by atoms with Gasteiger partial charge in [0.15, 0.2) is 5.58 Å². The molecule has 0 spiro atoms. The molecule has 5 rings (SSSR count). The van der Waals surface area contributed by atoms with Gasteiger partial charge in [0.25, 0.3) is 5.91 Å². The van der Waals surface area contributed by atoms with Crippen LogP contribution in [0.5, 0.6) is 0 Å². The number of benzene rings is 2. The topological polar surface area (TPSA) is 84.7 Å². The lowest BCUT2D eigenvalue weighted by Gasteiger charge is -2.26. The van der Waals surface area contributed by atoms with Crippen molar-refractivity contribution in [2.45, 2.75) is 13.5 Å². The summed E-state index contributed by atoms with van der Waals surface area (Å²) in [6.07, 6.45) is 4.89. The molecule has 2 aromatic carbocycles. The Kier molecular flexibility index (Phi) is 7.35. The fourth-order valence-electron chi connectivity index (χ4n) is 4.15. The van der Waals surface area contributed by atoms with Gasteiger partial charge in [-0.05, 0) is 66.1 Å². The fraction of sp³-hybridized carbons (Fsp3) is 0.207. The van der Waals surface area contributed by atoms with E-state index in [0.717, 1.165) is 27.8 Å². The highest BCUT2D eigenvalue weighted by molar-refractivity contribution is 6.35. The number of carbonyl (C=O) groups is 2. The Hall–Kier alpha value is -3.94. The van der Waals surface area contributed by atoms with E-state index < -0.39 is 0 Å². The maximum Gasteiger partial charge on any atom is 0.254 e. The minimum Gasteiger partial charge on any atom is -0.458 e. The van der Waals surface area contributed by atoms with E-state index in [9.17, 15) is 9.59 Å². The minimum atomic E-state index is -0.237. The predicted molar refractivity (Wildman–Crippen MR) is 143 cm³/mol. The molecular formula is C29H26ClN3O4. The first-order chi connectivity index (χ1) is 18.0. The molecule has 1 N–H and O–H groups in total. The van der Waals surface area contributed by atoms with E-state index in [4.69, 9.17) is 20.8 Å². The molecule has 2 aromatic heterocycles. The van der Waals surface area contributed by atoms with Crippen molar-refractivity contribution in [2.75, 3.05) is 26.3 Å². The highest BCUT2D eigenvalue weighted by Crippen LogP contribution is 2.33. The quantitative estimate of drug-likeness (QED) is 0.354. The zero-order valence-corrected chi connectivity index (χ0v) is 21.1. The molecule has 37 heavy (non-hydrogen) atoms. The number of aryl methyl sites for hydroxylation is 1. The molecule has 1 fully saturated rings. The second-order valence-electron chi connectivity index (χ2n) is 8.86. The summed E-state index contributed by atoms with van der Waals surface area (Å²) in [6.45, 7) is 4.50. The number of aromatic nitrogens is 1. The van der Waals surface area contributed by atoms with Crippen LogP contribution in [0.3, 0.4) is 0 Å². The van der Waals surface area contributed by atoms with Crippen molar-refractivity contribution in [2.24, 2.45) is 0 Å². The Balaban J connectivity index is 1.26. The van der Waals surface area contributed by atoms with Gasteiger partial charge >= 0.3 is 0 Å². The van der Waals surface area contributed by atoms with Gasteiger partial charge in [0, 0.05) is 42.0 Å². The number of hydrogen-bond donors (Lipinski definition) is 1. The van der Waals surface area contributed by atoms with Crippen molar-refractivity contribution in [1.82, 2.24) is 15.2 Å². The normalized spacial score (nSPS) is 13.8. The Morgan fingerprint density at radius 2 is 1.84 bits per heavy atom. The maximum absolute atomic E-state index is 12.7. The first-order valence-electron chi connectivity index (χ1n) is 12.0. The standard InChI is InChI=1S/C29H26ClN3O4/c1-19-2-3-20(17-31-19)4-9-27(34)32-18-25-15-24-14-23(16-26(30)28(24)37-25)21-5-7-22(8-6-21)29(35)33-10-12-36-13-11-33/h2-9,14-17H,10-13,18H2,1H3,(H,32,34)/b9-4+. The molecule has 8 heteroatoms. The highest BCUT2D eigenvalue weighted by Gasteiger charge is 2.18. The van der Waals surface area contributed by atoms with Crippen LogP contribution in [0.4, 0.5) is 0 Å². The number of nitrogens with one attached hydrogen (secondary N) is 1. The van der Waals surface area contributed by atoms with Crippen molar-refractivity contribution in [3.05, 3.63) is 94.5 Å². The molecule has 4 aromatic rings. The van der Waals surface area contributed by atoms with Crippen LogP contribution < -0.4 is 5.32 Å². The molecule has 2 amide bonds. The van der Waals surface area contributed by atoms with Crippen LogP contribution in [0.2, 0.25) is 5.02 Å². The third-order valence-corrected chi connectivity index (χ3v) is 6.46. The van der Waals surface area contributed by atoms with Crippen LogP contribution in [-0.4, -0.2) is 48.0 Å². The highest BCUT2D eigenvalue weighted by atomic mass is 35.5. The number of rotatable bonds is 6. The molecule has 0 saturated carbocycles. The van der Waals surface area contributed by atoms with Crippen LogP contribution in [0.15, 0.2) is 71.3 Å². The smallest absolute Gasteiger partial charge is 0.254 e. The Morgan fingerprint density at radius 1 is 1.05 bits per heavy atom. The molecule has 7 nitrogen and oxygen atoms in total. The first-order valence-corrected chi connectivity index (χ1v) is 12.4. The van der Waals surface area contributed by atoms with E-state index >= 15 is 0 Å². The fourth-order valence-corrected chi connectivity index (χ4v) is 4.42. The van der Waals surface area contributed by atoms with E-state index in [-0.39, 0.29) is 18.4 Å². The first kappa shape index (κ1) is 24.7. The molecule has 0 atom stereocenters. The van der Waals surface area contributed by atoms with Gasteiger partial charge in [-0.3, -0.25) is 14.6 Å². The summed E-state index contributed by atoms with van der Waals surface area (Å²) in [7, 11) is 0. The number of morpholine rings is 1. The summed E-state index contributed by atoms with van der Waals surface area (Å²) in [4.78, 5) is 31.0. The number of fused-ring (bicyclic) bond motifs is 1. The number of furan rings is 1. The third-order valence-electron chi connectivity index (χ3n) is 6.18. The van der Waals surface area contributed by atoms with Gasteiger partial charge in [0.05, 0.1) is 24.8 Å². The van der Waals surface area contributed by atoms with Crippen LogP contribution in [0.1, 0.15) is 27.4 Å². The van der Waals surface area contributed by atoms with Gasteiger partial charge in [-0.1, -0.05) is 29.8 Å². The van der Waals surface area contributed by atoms with E-state index in [0.29, 0.717) is 48.2 Å². The lowest BCUT2D eigenvalue weighted by molar-refractivity contribution is -0.116. The van der Waals surface area contributed by atoms with E-state index in [1.54, 1.807) is 12.3 Å². The van der Waals surface area contributed by atoms with E-state index in [1.165, 1.54) is 6.08 Å². The van der Waals surface area contributed by atoms with Gasteiger partial charge in [-0.25, -0.2) is 0 Å². The number of pyridine rings is 1. The minimum absolute atomic E-state index is 0.00948. The molecule has 1 saturated heterocycles. The van der Waals surface area contributed by atoms with Gasteiger partial charge < -0.3 is 19.4 Å². The van der Waals surface area contributed by atoms with Crippen molar-refractivity contribution in [1.29, 1.82) is 0 Å². The van der Waals surface area contributed by atoms with Gasteiger partial charge in [0.1, 0.15) is 5.76 Å². The number of amides is 2. The van der Waals surface area contributed by atoms with Crippen molar-refractivity contribution < 1.29 is 18.7 Å². The van der Waals surface area contributed by atoms with Crippen molar-refractivity contribution in [3.8, 4) is 11.1 Å². The molecule has 0 aliphatic carbocycles. The third kappa shape index (κ3) is 5.90. The van der Waals surface area contributed by atoms with Crippen LogP contribution >= 0.6 is 11.6 Å². The summed E-state index contributed by atoms with van der Waals surface area (Å²) in [6, 6.07) is 17.0. The monoisotopic (exact) mass is 515 g/mol. The summed E-state index contributed by atoms with van der Waals surface area (Å²) in [5, 5.41) is 4.14. The summed E-state index contributed by atoms with van der Waals surface area (Å²) in [5.41, 5.74) is 4.83. The number of ether oxygens (including phenoxy) is 1. The van der Waals surface area contributed by atoms with E-state index in [1.807, 2.05) is 66.4 Å². The van der Waals surface area contributed by atoms with Crippen molar-refractivity contribution >= 4 is 40.5 Å². The predicted octanol–water partition coefficient (Wildman–Crippen LogP) is 5.26. The van der Waals surface area contributed by atoms with Crippen molar-refractivity contribution in [3.63, 3.8) is 0 Å². The Bertz CT molecular complexity index is 1450. The van der Waals surface area contributed by atoms with Crippen LogP contribution in [-0.2, 0) is 16.1 Å². The lowest BCUT2D eigenvalue weighted by atomic mass is 10.0. The van der Waals surface area contributed by atoms with Crippen LogP contribution in [0, 0.1) is 6.92 Å². The summed E-state index contributed by atoms with van der Waals surface area (Å²) >= 11 is 6.53. The zero-order chi connectivity index (χ0) is 25.8. The van der Waals surface area contributed by atoms with Gasteiger partial charge in [-0.2, -0.15) is 0 Å². The zero-order valence-electron chi connectivity index (χ0n) is 20.4. The largest absolute Gasteiger partial charge is 0.458 e. The van der Waals surface area contributed by atoms with Gasteiger partial charge in [-0.15, -0.1) is 0 Å².